The van der Waals surface area contributed by atoms with Gasteiger partial charge in [0.1, 0.15) is 11.4 Å². The Morgan fingerprint density at radius 3 is 2.37 bits per heavy atom. The predicted molar refractivity (Wildman–Crippen MR) is 69.2 cm³/mol. The van der Waals surface area contributed by atoms with E-state index in [0.717, 1.165) is 0 Å². The molecule has 0 heterocycles. The van der Waals surface area contributed by atoms with E-state index in [1.807, 2.05) is 6.92 Å². The lowest BCUT2D eigenvalue weighted by molar-refractivity contribution is -0.147. The fraction of sp³-hybridized carbons (Fsp3) is 0.429. The van der Waals surface area contributed by atoms with Gasteiger partial charge in [-0.25, -0.2) is 9.18 Å². The van der Waals surface area contributed by atoms with Crippen LogP contribution >= 0.6 is 0 Å². The third kappa shape index (κ3) is 4.35. The lowest BCUT2D eigenvalue weighted by atomic mass is 9.96. The van der Waals surface area contributed by atoms with Gasteiger partial charge in [0, 0.05) is 0 Å². The molecule has 0 saturated heterocycles. The van der Waals surface area contributed by atoms with Crippen molar-refractivity contribution in [1.82, 2.24) is 5.32 Å². The fourth-order valence-electron chi connectivity index (χ4n) is 1.86. The molecule has 1 amide bonds. The molecule has 0 aliphatic carbocycles. The van der Waals surface area contributed by atoms with Gasteiger partial charge in [-0.2, -0.15) is 0 Å². The summed E-state index contributed by atoms with van der Waals surface area (Å²) >= 11 is 0. The molecule has 2 N–H and O–H groups in total. The molecule has 0 spiro atoms. The van der Waals surface area contributed by atoms with Crippen molar-refractivity contribution < 1.29 is 19.1 Å². The smallest absolute Gasteiger partial charge is 0.329 e. The first-order valence-corrected chi connectivity index (χ1v) is 6.16. The normalized spacial score (nSPS) is 13.6. The van der Waals surface area contributed by atoms with Crippen LogP contribution in [-0.4, -0.2) is 22.5 Å². The molecule has 0 radical (unpaired) electrons. The number of benzene rings is 1. The second kappa shape index (κ2) is 6.31. The van der Waals surface area contributed by atoms with Crippen LogP contribution in [0.5, 0.6) is 0 Å². The third-order valence-corrected chi connectivity index (χ3v) is 2.92. The van der Waals surface area contributed by atoms with Crippen LogP contribution in [0.2, 0.25) is 0 Å². The van der Waals surface area contributed by atoms with Crippen LogP contribution in [0.3, 0.4) is 0 Å². The summed E-state index contributed by atoms with van der Waals surface area (Å²) in [6.07, 6.45) is 1.05. The summed E-state index contributed by atoms with van der Waals surface area (Å²) in [4.78, 5) is 23.0. The molecule has 0 saturated carbocycles. The topological polar surface area (TPSA) is 66.4 Å². The van der Waals surface area contributed by atoms with Gasteiger partial charge in [-0.15, -0.1) is 0 Å². The zero-order chi connectivity index (χ0) is 14.5. The van der Waals surface area contributed by atoms with E-state index in [1.165, 1.54) is 31.2 Å². The van der Waals surface area contributed by atoms with Gasteiger partial charge in [0.25, 0.3) is 0 Å². The number of halogens is 1. The summed E-state index contributed by atoms with van der Waals surface area (Å²) in [6.45, 7) is 3.34. The van der Waals surface area contributed by atoms with Gasteiger partial charge in [-0.05, 0) is 31.0 Å². The summed E-state index contributed by atoms with van der Waals surface area (Å²) < 4.78 is 12.7. The zero-order valence-electron chi connectivity index (χ0n) is 11.1. The van der Waals surface area contributed by atoms with Gasteiger partial charge < -0.3 is 10.4 Å². The Morgan fingerprint density at radius 1 is 1.32 bits per heavy atom. The summed E-state index contributed by atoms with van der Waals surface area (Å²) in [5.41, 5.74) is -0.616. The second-order valence-electron chi connectivity index (χ2n) is 4.74. The van der Waals surface area contributed by atoms with E-state index in [0.29, 0.717) is 18.4 Å². The number of amides is 1. The molecular weight excluding hydrogens is 249 g/mol. The lowest BCUT2D eigenvalue weighted by Gasteiger charge is -2.25. The molecule has 1 aromatic carbocycles. The third-order valence-electron chi connectivity index (χ3n) is 2.92. The standard InChI is InChI=1S/C14H18FNO3/c1-3-8-14(2,13(18)19)16-12(17)9-10-4-6-11(15)7-5-10/h4-7H,3,8-9H2,1-2H3,(H,16,17)(H,18,19). The molecule has 5 heteroatoms. The van der Waals surface area contributed by atoms with Crippen molar-refractivity contribution in [3.8, 4) is 0 Å². The minimum Gasteiger partial charge on any atom is -0.480 e. The molecule has 1 rings (SSSR count). The zero-order valence-corrected chi connectivity index (χ0v) is 11.1. The van der Waals surface area contributed by atoms with Gasteiger partial charge in [0.15, 0.2) is 0 Å². The van der Waals surface area contributed by atoms with Gasteiger partial charge in [-0.3, -0.25) is 4.79 Å². The maximum atomic E-state index is 12.7. The fourth-order valence-corrected chi connectivity index (χ4v) is 1.86. The van der Waals surface area contributed by atoms with Crippen molar-refractivity contribution in [3.05, 3.63) is 35.6 Å². The van der Waals surface area contributed by atoms with Crippen LogP contribution < -0.4 is 5.32 Å². The highest BCUT2D eigenvalue weighted by Crippen LogP contribution is 2.13. The lowest BCUT2D eigenvalue weighted by Crippen LogP contribution is -2.52. The minimum absolute atomic E-state index is 0.0346. The number of carbonyl (C=O) groups excluding carboxylic acids is 1. The van der Waals surface area contributed by atoms with Crippen LogP contribution in [0.15, 0.2) is 24.3 Å². The number of carbonyl (C=O) groups is 2. The summed E-state index contributed by atoms with van der Waals surface area (Å²) in [6, 6.07) is 5.55. The van der Waals surface area contributed by atoms with E-state index in [9.17, 15) is 14.0 Å². The van der Waals surface area contributed by atoms with Gasteiger partial charge in [-0.1, -0.05) is 25.5 Å². The highest BCUT2D eigenvalue weighted by molar-refractivity contribution is 5.87. The number of hydrogen-bond donors (Lipinski definition) is 2. The van der Waals surface area contributed by atoms with E-state index >= 15 is 0 Å². The van der Waals surface area contributed by atoms with Crippen LogP contribution in [-0.2, 0) is 16.0 Å². The van der Waals surface area contributed by atoms with Crippen molar-refractivity contribution in [2.75, 3.05) is 0 Å². The molecule has 4 nitrogen and oxygen atoms in total. The Morgan fingerprint density at radius 2 is 1.89 bits per heavy atom. The monoisotopic (exact) mass is 267 g/mol. The molecular formula is C14H18FNO3. The molecule has 0 aromatic heterocycles. The number of hydrogen-bond acceptors (Lipinski definition) is 2. The Labute approximate surface area is 111 Å². The first-order chi connectivity index (χ1) is 8.87. The van der Waals surface area contributed by atoms with Gasteiger partial charge >= 0.3 is 5.97 Å². The average molecular weight is 267 g/mol. The van der Waals surface area contributed by atoms with Crippen LogP contribution in [0.1, 0.15) is 32.3 Å². The van der Waals surface area contributed by atoms with E-state index in [2.05, 4.69) is 5.32 Å². The Kier molecular flexibility index (Phi) is 5.03. The number of nitrogens with one attached hydrogen (secondary N) is 1. The Bertz CT molecular complexity index is 458. The quantitative estimate of drug-likeness (QED) is 0.829. The molecule has 1 aromatic rings. The molecule has 0 aliphatic rings. The van der Waals surface area contributed by atoms with Gasteiger partial charge in [0.2, 0.25) is 5.91 Å². The number of aliphatic carboxylic acids is 1. The van der Waals surface area contributed by atoms with E-state index in [-0.39, 0.29) is 18.1 Å². The number of rotatable bonds is 6. The number of carboxylic acids is 1. The highest BCUT2D eigenvalue weighted by atomic mass is 19.1. The average Bonchev–Trinajstić information content (AvgIpc) is 2.32. The van der Waals surface area contributed by atoms with Crippen LogP contribution in [0, 0.1) is 5.82 Å². The molecule has 0 fully saturated rings. The van der Waals surface area contributed by atoms with Crippen molar-refractivity contribution in [2.45, 2.75) is 38.6 Å². The SMILES string of the molecule is CCCC(C)(NC(=O)Cc1ccc(F)cc1)C(=O)O. The predicted octanol–water partition coefficient (Wildman–Crippen LogP) is 2.13. The summed E-state index contributed by atoms with van der Waals surface area (Å²) in [7, 11) is 0. The highest BCUT2D eigenvalue weighted by Gasteiger charge is 2.33. The van der Waals surface area contributed by atoms with Crippen LogP contribution in [0.4, 0.5) is 4.39 Å². The molecule has 104 valence electrons. The van der Waals surface area contributed by atoms with Crippen molar-refractivity contribution in [2.24, 2.45) is 0 Å². The minimum atomic E-state index is -1.26. The Hall–Kier alpha value is -1.91. The van der Waals surface area contributed by atoms with E-state index < -0.39 is 11.5 Å². The summed E-state index contributed by atoms with van der Waals surface area (Å²) in [5.74, 6) is -1.81. The summed E-state index contributed by atoms with van der Waals surface area (Å²) in [5, 5.41) is 11.7. The van der Waals surface area contributed by atoms with E-state index in [1.54, 1.807) is 0 Å². The molecule has 1 atom stereocenters. The van der Waals surface area contributed by atoms with Crippen molar-refractivity contribution >= 4 is 11.9 Å². The van der Waals surface area contributed by atoms with Crippen molar-refractivity contribution in [1.29, 1.82) is 0 Å². The van der Waals surface area contributed by atoms with Crippen LogP contribution in [0.25, 0.3) is 0 Å². The maximum absolute atomic E-state index is 12.7. The first-order valence-electron chi connectivity index (χ1n) is 6.16. The maximum Gasteiger partial charge on any atom is 0.329 e. The van der Waals surface area contributed by atoms with Crippen molar-refractivity contribution in [3.63, 3.8) is 0 Å². The van der Waals surface area contributed by atoms with Gasteiger partial charge in [0.05, 0.1) is 6.42 Å². The Balaban J connectivity index is 2.68. The molecule has 0 aliphatic heterocycles. The first kappa shape index (κ1) is 15.1. The molecule has 19 heavy (non-hydrogen) atoms. The largest absolute Gasteiger partial charge is 0.480 e. The molecule has 1 unspecified atom stereocenters. The second-order valence-corrected chi connectivity index (χ2v) is 4.74. The molecule has 0 bridgehead atoms. The number of carboxylic acid groups (broad SMARTS) is 1. The van der Waals surface area contributed by atoms with E-state index in [4.69, 9.17) is 5.11 Å².